The maximum atomic E-state index is 13.7. The van der Waals surface area contributed by atoms with Crippen LogP contribution in [0.5, 0.6) is 0 Å². The number of hydrogen-bond acceptors (Lipinski definition) is 7. The van der Waals surface area contributed by atoms with E-state index in [1.807, 2.05) is 47.9 Å². The molecule has 1 amide bonds. The molecular formula is C24H39F2N7O2. The minimum atomic E-state index is -2.55. The molecule has 1 saturated heterocycles. The first-order valence-electron chi connectivity index (χ1n) is 12.6. The van der Waals surface area contributed by atoms with Crippen LogP contribution in [0, 0.1) is 5.92 Å². The lowest BCUT2D eigenvalue weighted by atomic mass is 9.81. The summed E-state index contributed by atoms with van der Waals surface area (Å²) >= 11 is 0. The number of fused-ring (bicyclic) bond motifs is 1. The summed E-state index contributed by atoms with van der Waals surface area (Å²) in [6.45, 7) is 11.5. The third-order valence-electron chi connectivity index (χ3n) is 7.15. The Bertz CT molecular complexity index is 948. The molecule has 3 aliphatic rings. The highest BCUT2D eigenvalue weighted by atomic mass is 19.3. The van der Waals surface area contributed by atoms with Crippen LogP contribution in [-0.2, 0) is 4.74 Å². The van der Waals surface area contributed by atoms with Gasteiger partial charge in [0, 0.05) is 38.5 Å². The summed E-state index contributed by atoms with van der Waals surface area (Å²) in [6.07, 6.45) is 2.26. The van der Waals surface area contributed by atoms with Crippen molar-refractivity contribution in [2.75, 3.05) is 32.0 Å². The Morgan fingerprint density at radius 3 is 2.57 bits per heavy atom. The number of imidazole rings is 1. The molecule has 1 aromatic rings. The monoisotopic (exact) mass is 495 g/mol. The van der Waals surface area contributed by atoms with Gasteiger partial charge in [-0.3, -0.25) is 4.90 Å². The van der Waals surface area contributed by atoms with Gasteiger partial charge in [0.25, 0.3) is 0 Å². The molecule has 1 aliphatic carbocycles. The predicted octanol–water partition coefficient (Wildman–Crippen LogP) is 3.89. The van der Waals surface area contributed by atoms with E-state index in [2.05, 4.69) is 15.5 Å². The quantitative estimate of drug-likeness (QED) is 0.659. The lowest BCUT2D eigenvalue weighted by molar-refractivity contribution is -0.0496. The number of anilines is 1. The Morgan fingerprint density at radius 1 is 1.29 bits per heavy atom. The molecule has 11 heteroatoms. The van der Waals surface area contributed by atoms with Gasteiger partial charge in [-0.05, 0) is 60.4 Å². The van der Waals surface area contributed by atoms with Gasteiger partial charge in [0.15, 0.2) is 0 Å². The Morgan fingerprint density at radius 2 is 1.97 bits per heavy atom. The Labute approximate surface area is 206 Å². The molecule has 0 spiro atoms. The number of ether oxygens (including phenoxy) is 1. The van der Waals surface area contributed by atoms with Crippen molar-refractivity contribution in [2.24, 2.45) is 11.0 Å². The topological polar surface area (TPSA) is 87.0 Å². The third kappa shape index (κ3) is 5.77. The van der Waals surface area contributed by atoms with Crippen LogP contribution in [0.3, 0.4) is 0 Å². The van der Waals surface area contributed by atoms with E-state index in [1.165, 1.54) is 0 Å². The summed E-state index contributed by atoms with van der Waals surface area (Å²) in [5.74, 6) is -1.80. The van der Waals surface area contributed by atoms with Crippen molar-refractivity contribution in [3.05, 3.63) is 11.9 Å². The highest BCUT2D eigenvalue weighted by molar-refractivity contribution is 5.90. The smallest absolute Gasteiger partial charge is 0.410 e. The van der Waals surface area contributed by atoms with Crippen LogP contribution < -0.4 is 10.6 Å². The molecule has 0 bridgehead atoms. The summed E-state index contributed by atoms with van der Waals surface area (Å²) < 4.78 is 34.6. The number of hydrogen-bond donors (Lipinski definition) is 2. The maximum absolute atomic E-state index is 13.7. The second-order valence-corrected chi connectivity index (χ2v) is 11.1. The fraction of sp³-hybridized carbons (Fsp3) is 0.792. The fourth-order valence-corrected chi connectivity index (χ4v) is 5.35. The average molecular weight is 496 g/mol. The molecule has 0 aromatic carbocycles. The van der Waals surface area contributed by atoms with Crippen molar-refractivity contribution < 1.29 is 18.3 Å². The van der Waals surface area contributed by atoms with Crippen molar-refractivity contribution in [1.29, 1.82) is 0 Å². The number of aromatic nitrogens is 2. The van der Waals surface area contributed by atoms with Crippen LogP contribution >= 0.6 is 0 Å². The Hall–Kier alpha value is -2.27. The normalized spacial score (nSPS) is 26.5. The Kier molecular flexibility index (Phi) is 7.11. The lowest BCUT2D eigenvalue weighted by Crippen LogP contribution is -2.60. The lowest BCUT2D eigenvalue weighted by Gasteiger charge is -2.43. The van der Waals surface area contributed by atoms with Crippen molar-refractivity contribution in [3.8, 4) is 0 Å². The van der Waals surface area contributed by atoms with Crippen LogP contribution in [0.15, 0.2) is 11.3 Å². The number of nitrogens with zero attached hydrogens (tertiary/aromatic N) is 5. The third-order valence-corrected chi connectivity index (χ3v) is 7.15. The van der Waals surface area contributed by atoms with Crippen LogP contribution in [0.25, 0.3) is 0 Å². The molecule has 2 aliphatic heterocycles. The zero-order valence-corrected chi connectivity index (χ0v) is 21.6. The number of carbonyl (C=O) groups excluding carboxylic acids is 1. The molecular weight excluding hydrogens is 456 g/mol. The van der Waals surface area contributed by atoms with Gasteiger partial charge >= 0.3 is 6.09 Å². The van der Waals surface area contributed by atoms with E-state index in [1.54, 1.807) is 9.58 Å². The summed E-state index contributed by atoms with van der Waals surface area (Å²) in [7, 11) is 1.85. The number of rotatable bonds is 4. The molecule has 196 valence electrons. The van der Waals surface area contributed by atoms with Gasteiger partial charge in [0.2, 0.25) is 11.9 Å². The number of amides is 1. The zero-order valence-electron chi connectivity index (χ0n) is 21.6. The molecule has 2 fully saturated rings. The summed E-state index contributed by atoms with van der Waals surface area (Å²) in [5.41, 5.74) is 1.18. The number of halogens is 2. The molecule has 3 heterocycles. The summed E-state index contributed by atoms with van der Waals surface area (Å²) in [6, 6.07) is -0.110. The largest absolute Gasteiger partial charge is 0.444 e. The second kappa shape index (κ2) is 9.65. The van der Waals surface area contributed by atoms with Crippen molar-refractivity contribution in [3.63, 3.8) is 0 Å². The first kappa shape index (κ1) is 25.8. The molecule has 35 heavy (non-hydrogen) atoms. The highest BCUT2D eigenvalue weighted by Crippen LogP contribution is 2.41. The molecule has 2 N–H and O–H groups in total. The number of carbonyl (C=O) groups is 1. The second-order valence-electron chi connectivity index (χ2n) is 11.1. The number of nitrogens with one attached hydrogen (secondary N) is 2. The van der Waals surface area contributed by atoms with Gasteiger partial charge in [-0.15, -0.1) is 0 Å². The van der Waals surface area contributed by atoms with Gasteiger partial charge in [0.05, 0.1) is 23.6 Å². The van der Waals surface area contributed by atoms with Crippen LogP contribution in [0.4, 0.5) is 19.5 Å². The first-order chi connectivity index (χ1) is 16.4. The van der Waals surface area contributed by atoms with Gasteiger partial charge in [-0.25, -0.2) is 23.2 Å². The molecule has 3 atom stereocenters. The van der Waals surface area contributed by atoms with E-state index in [9.17, 15) is 13.6 Å². The van der Waals surface area contributed by atoms with E-state index >= 15 is 0 Å². The number of piperazine rings is 1. The SMILES string of the molecule is CNC(c1cn2c(n1)NC(N1CCN(C(=O)OC(C)(C)C)C(C)C1)C(C)=N2)C1CCC(F)(F)CC1. The standard InChI is InChI=1S/C24H39F2N7O2/c1-15-13-31(11-12-32(15)22(34)35-23(3,4)5)20-16(2)30-33-14-18(28-21(33)29-20)19(27-6)17-7-9-24(25,26)10-8-17/h14-15,17,19-20,27H,7-13H2,1-6H3,(H,28,29). The van der Waals surface area contributed by atoms with Crippen LogP contribution in [-0.4, -0.2) is 81.7 Å². The van der Waals surface area contributed by atoms with E-state index in [0.717, 1.165) is 11.4 Å². The average Bonchev–Trinajstić information content (AvgIpc) is 3.15. The van der Waals surface area contributed by atoms with Crippen molar-refractivity contribution in [2.45, 2.75) is 90.1 Å². The summed E-state index contributed by atoms with van der Waals surface area (Å²) in [4.78, 5) is 21.4. The molecule has 0 radical (unpaired) electrons. The highest BCUT2D eigenvalue weighted by Gasteiger charge is 2.39. The fourth-order valence-electron chi connectivity index (χ4n) is 5.35. The molecule has 9 nitrogen and oxygen atoms in total. The van der Waals surface area contributed by atoms with Gasteiger partial charge < -0.3 is 20.3 Å². The van der Waals surface area contributed by atoms with E-state index in [4.69, 9.17) is 14.8 Å². The van der Waals surface area contributed by atoms with Crippen LogP contribution in [0.1, 0.15) is 72.0 Å². The van der Waals surface area contributed by atoms with Gasteiger partial charge in [0.1, 0.15) is 11.8 Å². The zero-order chi connectivity index (χ0) is 25.5. The molecule has 4 rings (SSSR count). The first-order valence-corrected chi connectivity index (χ1v) is 12.6. The van der Waals surface area contributed by atoms with Gasteiger partial charge in [-0.1, -0.05) is 0 Å². The van der Waals surface area contributed by atoms with E-state index in [0.29, 0.717) is 38.4 Å². The predicted molar refractivity (Wildman–Crippen MR) is 131 cm³/mol. The molecule has 1 saturated carbocycles. The number of alkyl halides is 2. The molecule has 1 aromatic heterocycles. The maximum Gasteiger partial charge on any atom is 0.410 e. The van der Waals surface area contributed by atoms with Crippen molar-refractivity contribution >= 4 is 17.8 Å². The minimum Gasteiger partial charge on any atom is -0.444 e. The Balaban J connectivity index is 1.42. The minimum absolute atomic E-state index is 0.0106. The summed E-state index contributed by atoms with van der Waals surface area (Å²) in [5, 5.41) is 11.5. The van der Waals surface area contributed by atoms with E-state index in [-0.39, 0.29) is 43.1 Å². The molecule has 3 unspecified atom stereocenters. The van der Waals surface area contributed by atoms with Gasteiger partial charge in [-0.2, -0.15) is 5.10 Å². The van der Waals surface area contributed by atoms with E-state index < -0.39 is 11.5 Å². The van der Waals surface area contributed by atoms with Crippen LogP contribution in [0.2, 0.25) is 0 Å². The van der Waals surface area contributed by atoms with Crippen molar-refractivity contribution in [1.82, 2.24) is 24.8 Å².